The van der Waals surface area contributed by atoms with Crippen LogP contribution < -0.4 is 10.6 Å². The summed E-state index contributed by atoms with van der Waals surface area (Å²) in [6.45, 7) is 3.79. The Balaban J connectivity index is 1.24. The van der Waals surface area contributed by atoms with Gasteiger partial charge in [0.15, 0.2) is 0 Å². The fourth-order valence-corrected chi connectivity index (χ4v) is 5.59. The van der Waals surface area contributed by atoms with Crippen molar-refractivity contribution in [2.75, 3.05) is 31.9 Å². The Labute approximate surface area is 192 Å². The van der Waals surface area contributed by atoms with E-state index < -0.39 is 6.04 Å². The molecule has 1 aromatic rings. The third kappa shape index (κ3) is 5.15. The van der Waals surface area contributed by atoms with Crippen LogP contribution in [0.2, 0.25) is 0 Å². The molecule has 0 radical (unpaired) electrons. The number of unbranched alkanes of at least 4 members (excludes halogenated alkanes) is 2. The van der Waals surface area contributed by atoms with Gasteiger partial charge in [-0.2, -0.15) is 0 Å². The van der Waals surface area contributed by atoms with E-state index in [-0.39, 0.29) is 30.0 Å². The summed E-state index contributed by atoms with van der Waals surface area (Å²) in [6, 6.07) is 5.14. The van der Waals surface area contributed by atoms with Crippen LogP contribution in [0.3, 0.4) is 0 Å². The van der Waals surface area contributed by atoms with E-state index in [9.17, 15) is 19.2 Å². The van der Waals surface area contributed by atoms with Gasteiger partial charge in [-0.15, -0.1) is 11.8 Å². The molecule has 0 aromatic heterocycles. The first-order valence-corrected chi connectivity index (χ1v) is 12.4. The van der Waals surface area contributed by atoms with Crippen LogP contribution in [-0.2, 0) is 20.9 Å². The van der Waals surface area contributed by atoms with Crippen LogP contribution >= 0.6 is 11.8 Å². The number of imide groups is 1. The first-order valence-electron chi connectivity index (χ1n) is 11.4. The largest absolute Gasteiger partial charge is 0.340 e. The summed E-state index contributed by atoms with van der Waals surface area (Å²) in [6.07, 6.45) is 4.16. The van der Waals surface area contributed by atoms with Gasteiger partial charge in [-0.05, 0) is 42.7 Å². The molecule has 1 aromatic carbocycles. The number of hydrogen-bond acceptors (Lipinski definition) is 6. The molecule has 1 atom stereocenters. The number of carbonyl (C=O) groups excluding carboxylic acids is 4. The maximum absolute atomic E-state index is 12.9. The number of benzene rings is 1. The molecule has 0 spiro atoms. The maximum atomic E-state index is 12.9. The molecule has 32 heavy (non-hydrogen) atoms. The second-order valence-electron chi connectivity index (χ2n) is 8.47. The standard InChI is InChI=1S/C23H30N4O4S/c28-20-9-8-18(22(30)25-20)27-15-17-16(23(27)31)5-4-6-19(17)32-14-3-1-2-7-21(29)26-12-10-24-11-13-26/h4-6,18,24H,1-3,7-15H2,(H,25,28,30). The van der Waals surface area contributed by atoms with Crippen LogP contribution in [0.4, 0.5) is 0 Å². The molecule has 2 saturated heterocycles. The molecule has 3 heterocycles. The molecule has 3 aliphatic rings. The number of thioether (sulfide) groups is 1. The zero-order chi connectivity index (χ0) is 22.5. The molecule has 1 unspecified atom stereocenters. The molecule has 0 bridgehead atoms. The fourth-order valence-electron chi connectivity index (χ4n) is 4.50. The minimum atomic E-state index is -0.585. The number of amides is 4. The second kappa shape index (κ2) is 10.5. The van der Waals surface area contributed by atoms with E-state index >= 15 is 0 Å². The molecule has 3 aliphatic heterocycles. The smallest absolute Gasteiger partial charge is 0.255 e. The van der Waals surface area contributed by atoms with Crippen molar-refractivity contribution in [2.24, 2.45) is 0 Å². The van der Waals surface area contributed by atoms with Gasteiger partial charge in [0.25, 0.3) is 5.91 Å². The third-order valence-electron chi connectivity index (χ3n) is 6.30. The molecule has 8 nitrogen and oxygen atoms in total. The van der Waals surface area contributed by atoms with Gasteiger partial charge in [0, 0.05) is 56.0 Å². The fraction of sp³-hybridized carbons (Fsp3) is 0.565. The van der Waals surface area contributed by atoms with Crippen molar-refractivity contribution in [1.29, 1.82) is 0 Å². The van der Waals surface area contributed by atoms with Crippen molar-refractivity contribution in [2.45, 2.75) is 56.0 Å². The van der Waals surface area contributed by atoms with Gasteiger partial charge >= 0.3 is 0 Å². The Morgan fingerprint density at radius 3 is 2.69 bits per heavy atom. The lowest BCUT2D eigenvalue weighted by Gasteiger charge is -2.29. The minimum Gasteiger partial charge on any atom is -0.340 e. The van der Waals surface area contributed by atoms with Crippen molar-refractivity contribution in [3.8, 4) is 0 Å². The highest BCUT2D eigenvalue weighted by molar-refractivity contribution is 7.99. The van der Waals surface area contributed by atoms with Crippen LogP contribution in [-0.4, -0.2) is 71.4 Å². The number of rotatable bonds is 8. The van der Waals surface area contributed by atoms with Gasteiger partial charge < -0.3 is 15.1 Å². The van der Waals surface area contributed by atoms with Crippen LogP contribution in [0.25, 0.3) is 0 Å². The van der Waals surface area contributed by atoms with Crippen molar-refractivity contribution in [3.63, 3.8) is 0 Å². The predicted molar refractivity (Wildman–Crippen MR) is 121 cm³/mol. The van der Waals surface area contributed by atoms with E-state index in [1.165, 1.54) is 0 Å². The number of piperidine rings is 1. The number of nitrogens with one attached hydrogen (secondary N) is 2. The van der Waals surface area contributed by atoms with Crippen LogP contribution in [0, 0.1) is 0 Å². The van der Waals surface area contributed by atoms with Crippen LogP contribution in [0.5, 0.6) is 0 Å². The zero-order valence-corrected chi connectivity index (χ0v) is 19.0. The first-order chi connectivity index (χ1) is 15.5. The summed E-state index contributed by atoms with van der Waals surface area (Å²) in [4.78, 5) is 53.4. The molecule has 4 rings (SSSR count). The molecular weight excluding hydrogens is 428 g/mol. The molecule has 0 saturated carbocycles. The van der Waals surface area contributed by atoms with Gasteiger partial charge in [-0.25, -0.2) is 0 Å². The number of hydrogen-bond donors (Lipinski definition) is 2. The Morgan fingerprint density at radius 2 is 1.91 bits per heavy atom. The molecule has 0 aliphatic carbocycles. The quantitative estimate of drug-likeness (QED) is 0.348. The third-order valence-corrected chi connectivity index (χ3v) is 7.49. The average Bonchev–Trinajstić information content (AvgIpc) is 3.13. The molecule has 9 heteroatoms. The van der Waals surface area contributed by atoms with Crippen molar-refractivity contribution in [1.82, 2.24) is 20.4 Å². The normalized spacial score (nSPS) is 21.0. The van der Waals surface area contributed by atoms with E-state index in [2.05, 4.69) is 10.6 Å². The summed E-state index contributed by atoms with van der Waals surface area (Å²) in [7, 11) is 0. The SMILES string of the molecule is O=C1CCC(N2Cc3c(SCCCCCC(=O)N4CCNCC4)cccc3C2=O)C(=O)N1. The maximum Gasteiger partial charge on any atom is 0.255 e. The van der Waals surface area contributed by atoms with E-state index in [0.717, 1.165) is 61.7 Å². The lowest BCUT2D eigenvalue weighted by Crippen LogP contribution is -2.52. The minimum absolute atomic E-state index is 0.136. The number of carbonyl (C=O) groups is 4. The van der Waals surface area contributed by atoms with E-state index in [4.69, 9.17) is 0 Å². The number of fused-ring (bicyclic) bond motifs is 1. The van der Waals surface area contributed by atoms with Gasteiger partial charge in [0.05, 0.1) is 0 Å². The highest BCUT2D eigenvalue weighted by Gasteiger charge is 2.39. The number of piperazine rings is 1. The highest BCUT2D eigenvalue weighted by atomic mass is 32.2. The summed E-state index contributed by atoms with van der Waals surface area (Å²) in [5.74, 6) is 0.383. The molecule has 2 N–H and O–H groups in total. The van der Waals surface area contributed by atoms with Crippen molar-refractivity contribution < 1.29 is 19.2 Å². The van der Waals surface area contributed by atoms with Gasteiger partial charge in [0.1, 0.15) is 6.04 Å². The molecule has 4 amide bonds. The predicted octanol–water partition coefficient (Wildman–Crippen LogP) is 1.53. The monoisotopic (exact) mass is 458 g/mol. The summed E-state index contributed by atoms with van der Waals surface area (Å²) in [5.41, 5.74) is 1.63. The molecule has 2 fully saturated rings. The van der Waals surface area contributed by atoms with Crippen molar-refractivity contribution in [3.05, 3.63) is 29.3 Å². The Hall–Kier alpha value is -2.39. The van der Waals surface area contributed by atoms with E-state index in [1.807, 2.05) is 23.1 Å². The van der Waals surface area contributed by atoms with Gasteiger partial charge in [-0.1, -0.05) is 12.5 Å². The van der Waals surface area contributed by atoms with Crippen LogP contribution in [0.15, 0.2) is 23.1 Å². The number of nitrogens with zero attached hydrogens (tertiary/aromatic N) is 2. The average molecular weight is 459 g/mol. The zero-order valence-electron chi connectivity index (χ0n) is 18.2. The molecule has 172 valence electrons. The van der Waals surface area contributed by atoms with Crippen LogP contribution in [0.1, 0.15) is 54.4 Å². The van der Waals surface area contributed by atoms with E-state index in [0.29, 0.717) is 24.9 Å². The Kier molecular flexibility index (Phi) is 7.47. The summed E-state index contributed by atoms with van der Waals surface area (Å²) < 4.78 is 0. The summed E-state index contributed by atoms with van der Waals surface area (Å²) >= 11 is 1.73. The Bertz CT molecular complexity index is 900. The first kappa shape index (κ1) is 22.8. The second-order valence-corrected chi connectivity index (χ2v) is 9.61. The van der Waals surface area contributed by atoms with E-state index in [1.54, 1.807) is 16.7 Å². The lowest BCUT2D eigenvalue weighted by atomic mass is 10.0. The highest BCUT2D eigenvalue weighted by Crippen LogP contribution is 2.34. The topological polar surface area (TPSA) is 98.8 Å². The van der Waals surface area contributed by atoms with Gasteiger partial charge in [-0.3, -0.25) is 24.5 Å². The summed E-state index contributed by atoms with van der Waals surface area (Å²) in [5, 5.41) is 5.60. The van der Waals surface area contributed by atoms with Gasteiger partial charge in [0.2, 0.25) is 17.7 Å². The lowest BCUT2D eigenvalue weighted by molar-refractivity contribution is -0.137. The van der Waals surface area contributed by atoms with Crippen molar-refractivity contribution >= 4 is 35.4 Å². The molecular formula is C23H30N4O4S. The Morgan fingerprint density at radius 1 is 1.09 bits per heavy atom.